The molecular formula is C42H39N5O3. The van der Waals surface area contributed by atoms with Crippen LogP contribution in [0.3, 0.4) is 0 Å². The highest BCUT2D eigenvalue weighted by Crippen LogP contribution is 2.37. The molecule has 0 bridgehead atoms. The van der Waals surface area contributed by atoms with Crippen LogP contribution in [0.25, 0.3) is 44.8 Å². The first-order valence-corrected chi connectivity index (χ1v) is 17.3. The predicted molar refractivity (Wildman–Crippen MR) is 197 cm³/mol. The van der Waals surface area contributed by atoms with E-state index in [4.69, 9.17) is 14.7 Å². The number of rotatable bonds is 9. The van der Waals surface area contributed by atoms with E-state index in [2.05, 4.69) is 88.9 Å². The van der Waals surface area contributed by atoms with Crippen molar-refractivity contribution >= 4 is 28.2 Å². The Bertz CT molecular complexity index is 2270. The van der Waals surface area contributed by atoms with E-state index in [1.165, 1.54) is 16.0 Å². The van der Waals surface area contributed by atoms with Gasteiger partial charge in [0.1, 0.15) is 24.0 Å². The molecule has 1 aliphatic heterocycles. The minimum absolute atomic E-state index is 0.0634. The van der Waals surface area contributed by atoms with Crippen molar-refractivity contribution in [1.82, 2.24) is 24.0 Å². The normalized spacial score (nSPS) is 14.3. The molecule has 1 saturated heterocycles. The second-order valence-electron chi connectivity index (χ2n) is 13.1. The highest BCUT2D eigenvalue weighted by atomic mass is 16.5. The quantitative estimate of drug-likeness (QED) is 0.167. The smallest absolute Gasteiger partial charge is 0.407 e. The average molecular weight is 662 g/mol. The van der Waals surface area contributed by atoms with Crippen LogP contribution in [-0.4, -0.2) is 54.9 Å². The molecule has 1 fully saturated rings. The van der Waals surface area contributed by atoms with E-state index in [1.54, 1.807) is 0 Å². The number of carbonyl (C=O) groups is 1. The standard InChI is InChI=1S/C42H39N5O3/c1-29-11-5-6-14-33(29)27-46-37-17-9-7-15-35(37)43-40(46)32-19-21-34(22-20-32)50-28-39(30-23-25-45(26-24-30)42(48)49)47-38-18-10-8-16-36(38)44-41(47)31-12-3-2-4-13-31/h2-22,30,39H,23-28H2,1H3,(H,48,49). The Morgan fingerprint density at radius 3 is 2.06 bits per heavy atom. The third-order valence-electron chi connectivity index (χ3n) is 10.1. The van der Waals surface area contributed by atoms with Gasteiger partial charge in [-0.3, -0.25) is 0 Å². The van der Waals surface area contributed by atoms with Crippen molar-refractivity contribution in [2.75, 3.05) is 19.7 Å². The largest absolute Gasteiger partial charge is 0.491 e. The third kappa shape index (κ3) is 6.09. The number of hydrogen-bond donors (Lipinski definition) is 1. The average Bonchev–Trinajstić information content (AvgIpc) is 3.72. The molecule has 0 spiro atoms. The second-order valence-corrected chi connectivity index (χ2v) is 13.1. The number of fused-ring (bicyclic) bond motifs is 2. The van der Waals surface area contributed by atoms with Crippen molar-refractivity contribution in [2.24, 2.45) is 5.92 Å². The van der Waals surface area contributed by atoms with Crippen molar-refractivity contribution in [3.63, 3.8) is 0 Å². The van der Waals surface area contributed by atoms with Crippen LogP contribution < -0.4 is 4.74 Å². The number of carboxylic acid groups (broad SMARTS) is 1. The summed E-state index contributed by atoms with van der Waals surface area (Å²) in [5.41, 5.74) is 8.62. The van der Waals surface area contributed by atoms with Gasteiger partial charge in [-0.05, 0) is 85.3 Å². The van der Waals surface area contributed by atoms with Gasteiger partial charge >= 0.3 is 6.09 Å². The van der Waals surface area contributed by atoms with Crippen LogP contribution in [0.4, 0.5) is 4.79 Å². The van der Waals surface area contributed by atoms with Crippen molar-refractivity contribution in [3.05, 3.63) is 139 Å². The summed E-state index contributed by atoms with van der Waals surface area (Å²) >= 11 is 0. The molecule has 5 aromatic carbocycles. The lowest BCUT2D eigenvalue weighted by Crippen LogP contribution is -2.40. The number of aromatic nitrogens is 4. The lowest BCUT2D eigenvalue weighted by Gasteiger charge is -2.36. The molecule has 1 unspecified atom stereocenters. The van der Waals surface area contributed by atoms with Gasteiger partial charge in [0.2, 0.25) is 0 Å². The topological polar surface area (TPSA) is 85.4 Å². The van der Waals surface area contributed by atoms with Crippen molar-refractivity contribution < 1.29 is 14.6 Å². The third-order valence-corrected chi connectivity index (χ3v) is 10.1. The van der Waals surface area contributed by atoms with Gasteiger partial charge in [-0.25, -0.2) is 14.8 Å². The molecule has 0 saturated carbocycles. The molecule has 1 amide bonds. The lowest BCUT2D eigenvalue weighted by molar-refractivity contribution is 0.102. The number of para-hydroxylation sites is 4. The van der Waals surface area contributed by atoms with Crippen LogP contribution in [-0.2, 0) is 6.54 Å². The second kappa shape index (κ2) is 13.6. The van der Waals surface area contributed by atoms with E-state index >= 15 is 0 Å². The summed E-state index contributed by atoms with van der Waals surface area (Å²) in [7, 11) is 0. The molecule has 7 aromatic rings. The summed E-state index contributed by atoms with van der Waals surface area (Å²) < 4.78 is 11.3. The van der Waals surface area contributed by atoms with E-state index in [1.807, 2.05) is 54.6 Å². The number of imidazole rings is 2. The zero-order chi connectivity index (χ0) is 34.0. The van der Waals surface area contributed by atoms with Crippen molar-refractivity contribution in [1.29, 1.82) is 0 Å². The predicted octanol–water partition coefficient (Wildman–Crippen LogP) is 9.09. The number of amides is 1. The van der Waals surface area contributed by atoms with E-state index in [0.29, 0.717) is 19.7 Å². The summed E-state index contributed by atoms with van der Waals surface area (Å²) in [6.07, 6.45) is 0.635. The molecule has 2 aromatic heterocycles. The lowest BCUT2D eigenvalue weighted by atomic mass is 9.89. The Hall–Kier alpha value is -5.89. The zero-order valence-corrected chi connectivity index (χ0v) is 28.0. The molecule has 1 N–H and O–H groups in total. The van der Waals surface area contributed by atoms with Crippen molar-refractivity contribution in [2.45, 2.75) is 32.4 Å². The summed E-state index contributed by atoms with van der Waals surface area (Å²) in [4.78, 5) is 23.4. The Balaban J connectivity index is 1.11. The first-order valence-electron chi connectivity index (χ1n) is 17.3. The van der Waals surface area contributed by atoms with Gasteiger partial charge in [0, 0.05) is 30.8 Å². The highest BCUT2D eigenvalue weighted by Gasteiger charge is 2.32. The van der Waals surface area contributed by atoms with E-state index in [-0.39, 0.29) is 12.0 Å². The number of nitrogens with zero attached hydrogens (tertiary/aromatic N) is 5. The van der Waals surface area contributed by atoms with Crippen LogP contribution in [0.5, 0.6) is 5.75 Å². The van der Waals surface area contributed by atoms with Gasteiger partial charge in [-0.15, -0.1) is 0 Å². The van der Waals surface area contributed by atoms with E-state index in [0.717, 1.165) is 70.0 Å². The van der Waals surface area contributed by atoms with Gasteiger partial charge in [0.25, 0.3) is 0 Å². The zero-order valence-electron chi connectivity index (χ0n) is 28.0. The maximum atomic E-state index is 11.8. The first-order chi connectivity index (χ1) is 24.5. The molecule has 3 heterocycles. The minimum atomic E-state index is -0.859. The molecule has 0 radical (unpaired) electrons. The van der Waals surface area contributed by atoms with Crippen LogP contribution in [0, 0.1) is 12.8 Å². The highest BCUT2D eigenvalue weighted by molar-refractivity contribution is 5.82. The Kier molecular flexibility index (Phi) is 8.50. The van der Waals surface area contributed by atoms with Gasteiger partial charge in [0.05, 0.1) is 28.1 Å². The fraction of sp³-hybridized carbons (Fsp3) is 0.214. The van der Waals surface area contributed by atoms with E-state index < -0.39 is 6.09 Å². The first kappa shape index (κ1) is 31.4. The molecule has 0 aliphatic carbocycles. The number of piperidine rings is 1. The van der Waals surface area contributed by atoms with Gasteiger partial charge < -0.3 is 23.9 Å². The number of aryl methyl sites for hydroxylation is 1. The number of likely N-dealkylation sites (tertiary alicyclic amines) is 1. The summed E-state index contributed by atoms with van der Waals surface area (Å²) in [5.74, 6) is 2.78. The summed E-state index contributed by atoms with van der Waals surface area (Å²) in [6.45, 7) is 4.30. The Morgan fingerprint density at radius 2 is 1.34 bits per heavy atom. The molecular weight excluding hydrogens is 622 g/mol. The molecule has 50 heavy (non-hydrogen) atoms. The SMILES string of the molecule is Cc1ccccc1Cn1c(-c2ccc(OCC(C3CCN(C(=O)O)CC3)n3c(-c4ccccc4)nc4ccccc43)cc2)nc2ccccc21. The molecule has 1 atom stereocenters. The summed E-state index contributed by atoms with van der Waals surface area (Å²) in [5, 5.41) is 9.66. The molecule has 8 heteroatoms. The Morgan fingerprint density at radius 1 is 0.740 bits per heavy atom. The van der Waals surface area contributed by atoms with Crippen LogP contribution in [0.2, 0.25) is 0 Å². The number of ether oxygens (including phenoxy) is 1. The minimum Gasteiger partial charge on any atom is -0.491 e. The van der Waals surface area contributed by atoms with Crippen LogP contribution in [0.1, 0.15) is 30.0 Å². The molecule has 8 rings (SSSR count). The van der Waals surface area contributed by atoms with Gasteiger partial charge in [-0.1, -0.05) is 78.9 Å². The Labute approximate surface area is 291 Å². The van der Waals surface area contributed by atoms with Crippen LogP contribution in [0.15, 0.2) is 127 Å². The molecule has 8 nitrogen and oxygen atoms in total. The molecule has 250 valence electrons. The van der Waals surface area contributed by atoms with Crippen molar-refractivity contribution in [3.8, 4) is 28.5 Å². The molecule has 1 aliphatic rings. The number of benzene rings is 5. The number of hydrogen-bond acceptors (Lipinski definition) is 4. The van der Waals surface area contributed by atoms with Crippen LogP contribution >= 0.6 is 0 Å². The fourth-order valence-corrected chi connectivity index (χ4v) is 7.36. The fourth-order valence-electron chi connectivity index (χ4n) is 7.36. The maximum Gasteiger partial charge on any atom is 0.407 e. The van der Waals surface area contributed by atoms with E-state index in [9.17, 15) is 9.90 Å². The monoisotopic (exact) mass is 661 g/mol. The van der Waals surface area contributed by atoms with Gasteiger partial charge in [0.15, 0.2) is 0 Å². The maximum absolute atomic E-state index is 11.8. The van der Waals surface area contributed by atoms with Gasteiger partial charge in [-0.2, -0.15) is 0 Å². The summed E-state index contributed by atoms with van der Waals surface area (Å²) in [6, 6.07) is 43.5.